The molecule has 0 radical (unpaired) electrons. The van der Waals surface area contributed by atoms with Gasteiger partial charge in [-0.05, 0) is 44.1 Å². The lowest BCUT2D eigenvalue weighted by Crippen LogP contribution is -2.41. The van der Waals surface area contributed by atoms with Crippen LogP contribution in [-0.2, 0) is 4.74 Å². The van der Waals surface area contributed by atoms with Crippen molar-refractivity contribution in [1.29, 1.82) is 0 Å². The first kappa shape index (κ1) is 13.3. The quantitative estimate of drug-likeness (QED) is 0.771. The second-order valence-electron chi connectivity index (χ2n) is 5.73. The molecule has 100 valence electrons. The molecular weight excluding hydrogens is 212 g/mol. The topological polar surface area (TPSA) is 47.3 Å². The van der Waals surface area contributed by atoms with E-state index >= 15 is 0 Å². The Balaban J connectivity index is 1.65. The van der Waals surface area contributed by atoms with E-state index in [9.17, 15) is 0 Å². The third kappa shape index (κ3) is 3.67. The van der Waals surface area contributed by atoms with Gasteiger partial charge < -0.3 is 15.8 Å². The molecule has 4 unspecified atom stereocenters. The molecule has 0 amide bonds. The summed E-state index contributed by atoms with van der Waals surface area (Å²) >= 11 is 0. The fourth-order valence-electron chi connectivity index (χ4n) is 3.32. The Bertz CT molecular complexity index is 220. The number of hydrogen-bond acceptors (Lipinski definition) is 3. The van der Waals surface area contributed by atoms with Gasteiger partial charge in [0.05, 0.1) is 6.10 Å². The molecule has 1 aliphatic carbocycles. The lowest BCUT2D eigenvalue weighted by Gasteiger charge is -2.29. The molecule has 17 heavy (non-hydrogen) atoms. The predicted octanol–water partition coefficient (Wildman–Crippen LogP) is 1.91. The molecule has 2 aliphatic rings. The fourth-order valence-corrected chi connectivity index (χ4v) is 3.32. The molecular formula is C14H28N2O. The van der Waals surface area contributed by atoms with E-state index < -0.39 is 0 Å². The monoisotopic (exact) mass is 240 g/mol. The Morgan fingerprint density at radius 2 is 1.88 bits per heavy atom. The Morgan fingerprint density at radius 3 is 2.65 bits per heavy atom. The summed E-state index contributed by atoms with van der Waals surface area (Å²) in [6.45, 7) is 5.39. The number of hydrogen-bond donors (Lipinski definition) is 2. The highest BCUT2D eigenvalue weighted by atomic mass is 16.5. The van der Waals surface area contributed by atoms with Crippen molar-refractivity contribution in [2.45, 2.75) is 57.6 Å². The van der Waals surface area contributed by atoms with Crippen LogP contribution < -0.4 is 11.1 Å². The Morgan fingerprint density at radius 1 is 1.12 bits per heavy atom. The highest BCUT2D eigenvalue weighted by Crippen LogP contribution is 2.24. The molecule has 4 atom stereocenters. The van der Waals surface area contributed by atoms with Gasteiger partial charge in [0.2, 0.25) is 0 Å². The van der Waals surface area contributed by atoms with Crippen molar-refractivity contribution in [2.24, 2.45) is 17.6 Å². The van der Waals surface area contributed by atoms with Crippen LogP contribution in [0.2, 0.25) is 0 Å². The second-order valence-corrected chi connectivity index (χ2v) is 5.73. The Kier molecular flexibility index (Phi) is 5.26. The van der Waals surface area contributed by atoms with Crippen LogP contribution in [0.4, 0.5) is 0 Å². The molecule has 2 fully saturated rings. The third-order valence-electron chi connectivity index (χ3n) is 4.53. The van der Waals surface area contributed by atoms with Crippen LogP contribution in [0.15, 0.2) is 0 Å². The predicted molar refractivity (Wildman–Crippen MR) is 70.9 cm³/mol. The van der Waals surface area contributed by atoms with Crippen molar-refractivity contribution in [3.63, 3.8) is 0 Å². The van der Waals surface area contributed by atoms with Crippen molar-refractivity contribution in [3.05, 3.63) is 0 Å². The SMILES string of the molecule is CCC1OCCC1CNCC1CCCCC1N. The van der Waals surface area contributed by atoms with Crippen LogP contribution in [0, 0.1) is 11.8 Å². The minimum atomic E-state index is 0.429. The maximum Gasteiger partial charge on any atom is 0.0613 e. The maximum absolute atomic E-state index is 6.16. The summed E-state index contributed by atoms with van der Waals surface area (Å²) in [7, 11) is 0. The summed E-state index contributed by atoms with van der Waals surface area (Å²) in [5.74, 6) is 1.42. The lowest BCUT2D eigenvalue weighted by atomic mass is 9.85. The van der Waals surface area contributed by atoms with Gasteiger partial charge in [-0.3, -0.25) is 0 Å². The van der Waals surface area contributed by atoms with Gasteiger partial charge in [-0.1, -0.05) is 19.8 Å². The van der Waals surface area contributed by atoms with Gasteiger partial charge in [0.25, 0.3) is 0 Å². The minimum absolute atomic E-state index is 0.429. The van der Waals surface area contributed by atoms with Crippen molar-refractivity contribution in [2.75, 3.05) is 19.7 Å². The first-order valence-corrected chi connectivity index (χ1v) is 7.39. The fraction of sp³-hybridized carbons (Fsp3) is 1.00. The van der Waals surface area contributed by atoms with Gasteiger partial charge in [-0.25, -0.2) is 0 Å². The van der Waals surface area contributed by atoms with E-state index in [1.54, 1.807) is 0 Å². The number of rotatable bonds is 5. The Labute approximate surface area is 105 Å². The van der Waals surface area contributed by atoms with Gasteiger partial charge in [-0.15, -0.1) is 0 Å². The minimum Gasteiger partial charge on any atom is -0.378 e. The van der Waals surface area contributed by atoms with E-state index in [2.05, 4.69) is 12.2 Å². The summed E-state index contributed by atoms with van der Waals surface area (Å²) in [5.41, 5.74) is 6.16. The average Bonchev–Trinajstić information content (AvgIpc) is 2.79. The van der Waals surface area contributed by atoms with Gasteiger partial charge in [-0.2, -0.15) is 0 Å². The highest BCUT2D eigenvalue weighted by molar-refractivity contribution is 4.81. The van der Waals surface area contributed by atoms with Gasteiger partial charge in [0.15, 0.2) is 0 Å². The zero-order chi connectivity index (χ0) is 12.1. The molecule has 1 saturated heterocycles. The first-order chi connectivity index (χ1) is 8.31. The van der Waals surface area contributed by atoms with Gasteiger partial charge in [0.1, 0.15) is 0 Å². The smallest absolute Gasteiger partial charge is 0.0613 e. The largest absolute Gasteiger partial charge is 0.378 e. The highest BCUT2D eigenvalue weighted by Gasteiger charge is 2.27. The van der Waals surface area contributed by atoms with E-state index in [1.165, 1.54) is 32.1 Å². The molecule has 1 saturated carbocycles. The molecule has 3 N–H and O–H groups in total. The van der Waals surface area contributed by atoms with Crippen LogP contribution >= 0.6 is 0 Å². The summed E-state index contributed by atoms with van der Waals surface area (Å²) in [5, 5.41) is 3.63. The van der Waals surface area contributed by atoms with E-state index in [0.29, 0.717) is 18.1 Å². The van der Waals surface area contributed by atoms with Crippen molar-refractivity contribution >= 4 is 0 Å². The van der Waals surface area contributed by atoms with E-state index in [0.717, 1.165) is 32.0 Å². The normalized spacial score (nSPS) is 38.5. The van der Waals surface area contributed by atoms with Crippen molar-refractivity contribution < 1.29 is 4.74 Å². The number of ether oxygens (including phenoxy) is 1. The van der Waals surface area contributed by atoms with Crippen molar-refractivity contribution in [1.82, 2.24) is 5.32 Å². The zero-order valence-electron chi connectivity index (χ0n) is 11.2. The second kappa shape index (κ2) is 6.72. The van der Waals surface area contributed by atoms with Crippen LogP contribution in [-0.4, -0.2) is 31.8 Å². The standard InChI is InChI=1S/C14H28N2O/c1-2-14-12(7-8-17-14)10-16-9-11-5-3-4-6-13(11)15/h11-14,16H,2-10,15H2,1H3. The van der Waals surface area contributed by atoms with Crippen LogP contribution in [0.1, 0.15) is 45.4 Å². The van der Waals surface area contributed by atoms with E-state index in [1.807, 2.05) is 0 Å². The molecule has 3 nitrogen and oxygen atoms in total. The summed E-state index contributed by atoms with van der Waals surface area (Å²) < 4.78 is 5.71. The zero-order valence-corrected chi connectivity index (χ0v) is 11.2. The molecule has 0 aromatic rings. The summed E-state index contributed by atoms with van der Waals surface area (Å²) in [6, 6.07) is 0.429. The van der Waals surface area contributed by atoms with Crippen molar-refractivity contribution in [3.8, 4) is 0 Å². The summed E-state index contributed by atoms with van der Waals surface area (Å²) in [4.78, 5) is 0. The number of nitrogens with one attached hydrogen (secondary N) is 1. The van der Waals surface area contributed by atoms with Crippen LogP contribution in [0.25, 0.3) is 0 Å². The van der Waals surface area contributed by atoms with Gasteiger partial charge in [0, 0.05) is 19.2 Å². The molecule has 0 aromatic carbocycles. The molecule has 0 bridgehead atoms. The molecule has 0 aromatic heterocycles. The van der Waals surface area contributed by atoms with E-state index in [-0.39, 0.29) is 0 Å². The average molecular weight is 240 g/mol. The van der Waals surface area contributed by atoms with Crippen LogP contribution in [0.5, 0.6) is 0 Å². The van der Waals surface area contributed by atoms with E-state index in [4.69, 9.17) is 10.5 Å². The summed E-state index contributed by atoms with van der Waals surface area (Å²) in [6.07, 6.45) is 8.08. The van der Waals surface area contributed by atoms with Gasteiger partial charge >= 0.3 is 0 Å². The Hall–Kier alpha value is -0.120. The molecule has 1 aliphatic heterocycles. The molecule has 3 heteroatoms. The number of nitrogens with two attached hydrogens (primary N) is 1. The lowest BCUT2D eigenvalue weighted by molar-refractivity contribution is 0.0868. The molecule has 0 spiro atoms. The molecule has 2 rings (SSSR count). The molecule has 1 heterocycles. The first-order valence-electron chi connectivity index (χ1n) is 7.39. The van der Waals surface area contributed by atoms with Crippen LogP contribution in [0.3, 0.4) is 0 Å². The maximum atomic E-state index is 6.16. The third-order valence-corrected chi connectivity index (χ3v) is 4.53.